The Kier molecular flexibility index (Phi) is 5.64. The fraction of sp³-hybridized carbons (Fsp3) is 0.962. The molecule has 4 aliphatic rings. The highest BCUT2D eigenvalue weighted by molar-refractivity contribution is 5.70. The Balaban J connectivity index is 1.47. The molecule has 0 spiro atoms. The summed E-state index contributed by atoms with van der Waals surface area (Å²) in [6.45, 7) is 13.1. The van der Waals surface area contributed by atoms with Crippen LogP contribution in [-0.4, -0.2) is 12.6 Å². The van der Waals surface area contributed by atoms with Crippen molar-refractivity contribution in [3.8, 4) is 0 Å². The summed E-state index contributed by atoms with van der Waals surface area (Å²) >= 11 is 0. The minimum atomic E-state index is 0.0534. The highest BCUT2D eigenvalue weighted by Crippen LogP contribution is 2.67. The lowest BCUT2D eigenvalue weighted by Gasteiger charge is -2.60. The number of ether oxygens (including phenoxy) is 1. The van der Waals surface area contributed by atoms with Gasteiger partial charge in [-0.05, 0) is 85.4 Å². The molecule has 1 heterocycles. The number of hydrogen-bond acceptors (Lipinski definition) is 2. The van der Waals surface area contributed by atoms with Crippen LogP contribution in [0, 0.1) is 52.3 Å². The Morgan fingerprint density at radius 1 is 0.964 bits per heavy atom. The maximum absolute atomic E-state index is 11.9. The molecule has 0 amide bonds. The molecule has 0 aromatic heterocycles. The predicted octanol–water partition coefficient (Wildman–Crippen LogP) is 6.87. The zero-order valence-corrected chi connectivity index (χ0v) is 19.1. The Morgan fingerprint density at radius 3 is 2.46 bits per heavy atom. The Morgan fingerprint density at radius 2 is 1.71 bits per heavy atom. The summed E-state index contributed by atoms with van der Waals surface area (Å²) in [5, 5.41) is 0. The van der Waals surface area contributed by atoms with Crippen LogP contribution in [0.25, 0.3) is 0 Å². The summed E-state index contributed by atoms with van der Waals surface area (Å²) in [7, 11) is 0. The highest BCUT2D eigenvalue weighted by atomic mass is 16.5. The third kappa shape index (κ3) is 3.35. The molecule has 160 valence electrons. The van der Waals surface area contributed by atoms with Crippen LogP contribution in [0.4, 0.5) is 0 Å². The number of carbonyl (C=O) groups is 1. The summed E-state index contributed by atoms with van der Waals surface area (Å²) < 4.78 is 5.62. The second-order valence-corrected chi connectivity index (χ2v) is 12.1. The molecule has 28 heavy (non-hydrogen) atoms. The standard InChI is InChI=1S/C26H44O2/c1-17(2)7-6-8-18(3)21-11-12-22-20-10-9-19-15-24(27)28-16-26(19,5)23(20)13-14-25(21,22)4/h17-23H,6-16H2,1-5H3/t18-,19?,20+,21-,22+,23+,25-,26+/m1/s1. The van der Waals surface area contributed by atoms with Gasteiger partial charge in [0.25, 0.3) is 0 Å². The molecular weight excluding hydrogens is 344 g/mol. The Bertz CT molecular complexity index is 583. The molecule has 4 rings (SSSR count). The van der Waals surface area contributed by atoms with Crippen LogP contribution in [0.2, 0.25) is 0 Å². The number of rotatable bonds is 5. The molecule has 1 saturated heterocycles. The van der Waals surface area contributed by atoms with E-state index in [1.54, 1.807) is 0 Å². The first-order valence-corrected chi connectivity index (χ1v) is 12.4. The van der Waals surface area contributed by atoms with E-state index in [0.717, 1.165) is 35.5 Å². The van der Waals surface area contributed by atoms with E-state index in [1.165, 1.54) is 57.8 Å². The molecular formula is C26H44O2. The Labute approximate surface area is 173 Å². The van der Waals surface area contributed by atoms with E-state index in [0.29, 0.717) is 24.4 Å². The smallest absolute Gasteiger partial charge is 0.306 e. The SMILES string of the molecule is CC(C)CCC[C@@H](C)[C@H]1CC[C@H]2[C@@H]3CCC4CC(=O)OC[C@]4(C)[C@H]3CC[C@]12C. The topological polar surface area (TPSA) is 26.3 Å². The minimum Gasteiger partial charge on any atom is -0.465 e. The van der Waals surface area contributed by atoms with Crippen molar-refractivity contribution >= 4 is 5.97 Å². The average Bonchev–Trinajstić information content (AvgIpc) is 2.99. The van der Waals surface area contributed by atoms with Gasteiger partial charge in [-0.2, -0.15) is 0 Å². The van der Waals surface area contributed by atoms with Gasteiger partial charge in [-0.25, -0.2) is 0 Å². The van der Waals surface area contributed by atoms with Crippen molar-refractivity contribution in [1.29, 1.82) is 0 Å². The second kappa shape index (κ2) is 7.62. The first-order valence-electron chi connectivity index (χ1n) is 12.4. The zero-order chi connectivity index (χ0) is 20.1. The first kappa shape index (κ1) is 20.7. The van der Waals surface area contributed by atoms with Gasteiger partial charge in [-0.15, -0.1) is 0 Å². The summed E-state index contributed by atoms with van der Waals surface area (Å²) in [6, 6.07) is 0. The van der Waals surface area contributed by atoms with Crippen molar-refractivity contribution in [3.05, 3.63) is 0 Å². The van der Waals surface area contributed by atoms with Crippen molar-refractivity contribution in [3.63, 3.8) is 0 Å². The van der Waals surface area contributed by atoms with Crippen LogP contribution in [0.5, 0.6) is 0 Å². The van der Waals surface area contributed by atoms with E-state index >= 15 is 0 Å². The number of carbonyl (C=O) groups excluding carboxylic acids is 1. The van der Waals surface area contributed by atoms with Gasteiger partial charge < -0.3 is 4.74 Å². The molecule has 2 heteroatoms. The van der Waals surface area contributed by atoms with Crippen LogP contribution in [-0.2, 0) is 9.53 Å². The summed E-state index contributed by atoms with van der Waals surface area (Å²) in [5.41, 5.74) is 0.812. The van der Waals surface area contributed by atoms with Gasteiger partial charge in [-0.1, -0.05) is 53.9 Å². The van der Waals surface area contributed by atoms with Gasteiger partial charge in [0, 0.05) is 11.8 Å². The normalized spacial score (nSPS) is 46.5. The van der Waals surface area contributed by atoms with E-state index in [4.69, 9.17) is 4.74 Å². The quantitative estimate of drug-likeness (QED) is 0.480. The molecule has 0 aromatic carbocycles. The zero-order valence-electron chi connectivity index (χ0n) is 19.1. The lowest BCUT2D eigenvalue weighted by atomic mass is 9.46. The van der Waals surface area contributed by atoms with Gasteiger partial charge in [0.15, 0.2) is 0 Å². The van der Waals surface area contributed by atoms with Crippen molar-refractivity contribution in [2.45, 2.75) is 98.8 Å². The lowest BCUT2D eigenvalue weighted by Crippen LogP contribution is -2.56. The number of fused-ring (bicyclic) bond motifs is 5. The Hall–Kier alpha value is -0.530. The van der Waals surface area contributed by atoms with Crippen molar-refractivity contribution in [2.75, 3.05) is 6.61 Å². The molecule has 0 bridgehead atoms. The van der Waals surface area contributed by atoms with Crippen LogP contribution < -0.4 is 0 Å². The van der Waals surface area contributed by atoms with Gasteiger partial charge in [0.05, 0.1) is 6.61 Å². The van der Waals surface area contributed by atoms with Crippen LogP contribution >= 0.6 is 0 Å². The van der Waals surface area contributed by atoms with E-state index in [1.807, 2.05) is 0 Å². The average molecular weight is 389 g/mol. The number of esters is 1. The maximum Gasteiger partial charge on any atom is 0.306 e. The van der Waals surface area contributed by atoms with E-state index < -0.39 is 0 Å². The molecule has 1 aliphatic heterocycles. The predicted molar refractivity (Wildman–Crippen MR) is 115 cm³/mol. The molecule has 0 aromatic rings. The van der Waals surface area contributed by atoms with E-state index in [-0.39, 0.29) is 11.4 Å². The molecule has 3 aliphatic carbocycles. The van der Waals surface area contributed by atoms with E-state index in [9.17, 15) is 4.79 Å². The third-order valence-corrected chi connectivity index (χ3v) is 10.2. The highest BCUT2D eigenvalue weighted by Gasteiger charge is 2.61. The molecule has 4 fully saturated rings. The molecule has 8 atom stereocenters. The molecule has 0 N–H and O–H groups in total. The number of hydrogen-bond donors (Lipinski definition) is 0. The maximum atomic E-state index is 11.9. The summed E-state index contributed by atoms with van der Waals surface area (Å²) in [4.78, 5) is 11.9. The monoisotopic (exact) mass is 388 g/mol. The first-order chi connectivity index (χ1) is 13.3. The molecule has 0 radical (unpaired) electrons. The van der Waals surface area contributed by atoms with Crippen molar-refractivity contribution < 1.29 is 9.53 Å². The van der Waals surface area contributed by atoms with Crippen molar-refractivity contribution in [2.24, 2.45) is 52.3 Å². The number of cyclic esters (lactones) is 1. The van der Waals surface area contributed by atoms with Gasteiger partial charge in [-0.3, -0.25) is 4.79 Å². The summed E-state index contributed by atoms with van der Waals surface area (Å²) in [5.74, 6) is 5.86. The van der Waals surface area contributed by atoms with E-state index in [2.05, 4.69) is 34.6 Å². The third-order valence-electron chi connectivity index (χ3n) is 10.2. The fourth-order valence-electron chi connectivity index (χ4n) is 8.62. The fourth-order valence-corrected chi connectivity index (χ4v) is 8.62. The molecule has 1 unspecified atom stereocenters. The summed E-state index contributed by atoms with van der Waals surface area (Å²) in [6.07, 6.45) is 13.2. The van der Waals surface area contributed by atoms with Crippen LogP contribution in [0.3, 0.4) is 0 Å². The van der Waals surface area contributed by atoms with Crippen LogP contribution in [0.1, 0.15) is 98.8 Å². The van der Waals surface area contributed by atoms with Gasteiger partial charge in [0.2, 0.25) is 0 Å². The minimum absolute atomic E-state index is 0.0534. The van der Waals surface area contributed by atoms with Crippen LogP contribution in [0.15, 0.2) is 0 Å². The molecule has 2 nitrogen and oxygen atoms in total. The van der Waals surface area contributed by atoms with Gasteiger partial charge >= 0.3 is 5.97 Å². The van der Waals surface area contributed by atoms with Crippen molar-refractivity contribution in [1.82, 2.24) is 0 Å². The molecule has 3 saturated carbocycles. The largest absolute Gasteiger partial charge is 0.465 e. The lowest BCUT2D eigenvalue weighted by molar-refractivity contribution is -0.181. The second-order valence-electron chi connectivity index (χ2n) is 12.1. The van der Waals surface area contributed by atoms with Gasteiger partial charge in [0.1, 0.15) is 0 Å².